The van der Waals surface area contributed by atoms with Gasteiger partial charge in [0.15, 0.2) is 0 Å². The number of nitrogen functional groups attached to an aromatic ring is 1. The van der Waals surface area contributed by atoms with Crippen molar-refractivity contribution in [3.63, 3.8) is 0 Å². The first-order valence-electron chi connectivity index (χ1n) is 9.97. The van der Waals surface area contributed by atoms with Gasteiger partial charge >= 0.3 is 0 Å². The molecule has 1 aliphatic rings. The number of nitrogens with zero attached hydrogens (tertiary/aromatic N) is 4. The minimum Gasteiger partial charge on any atom is -0.369 e. The fourth-order valence-electron chi connectivity index (χ4n) is 3.51. The molecule has 0 saturated heterocycles. The SMILES string of the molecule is Cc1cccc(-c2cccc(-c3cnc(N)nc3NCCCN3C=NCC3)c2)c1. The van der Waals surface area contributed by atoms with Crippen molar-refractivity contribution in [1.82, 2.24) is 14.9 Å². The summed E-state index contributed by atoms with van der Waals surface area (Å²) in [5.41, 5.74) is 11.5. The fourth-order valence-corrected chi connectivity index (χ4v) is 3.51. The van der Waals surface area contributed by atoms with Crippen LogP contribution < -0.4 is 11.1 Å². The van der Waals surface area contributed by atoms with Gasteiger partial charge in [0.1, 0.15) is 5.82 Å². The molecule has 29 heavy (non-hydrogen) atoms. The lowest BCUT2D eigenvalue weighted by Crippen LogP contribution is -2.22. The maximum absolute atomic E-state index is 5.86. The van der Waals surface area contributed by atoms with Crippen LogP contribution in [0.25, 0.3) is 22.3 Å². The van der Waals surface area contributed by atoms with E-state index in [1.54, 1.807) is 6.20 Å². The molecule has 0 fully saturated rings. The number of benzene rings is 2. The molecule has 4 rings (SSSR count). The van der Waals surface area contributed by atoms with E-state index in [0.717, 1.165) is 49.5 Å². The third-order valence-electron chi connectivity index (χ3n) is 5.01. The largest absolute Gasteiger partial charge is 0.369 e. The number of anilines is 2. The molecule has 148 valence electrons. The van der Waals surface area contributed by atoms with E-state index in [1.165, 1.54) is 16.7 Å². The van der Waals surface area contributed by atoms with Gasteiger partial charge in [-0.3, -0.25) is 4.99 Å². The molecule has 0 aliphatic carbocycles. The Balaban J connectivity index is 1.53. The summed E-state index contributed by atoms with van der Waals surface area (Å²) in [6.07, 6.45) is 4.73. The number of aromatic nitrogens is 2. The van der Waals surface area contributed by atoms with Crippen molar-refractivity contribution in [1.29, 1.82) is 0 Å². The van der Waals surface area contributed by atoms with Crippen molar-refractivity contribution in [2.45, 2.75) is 13.3 Å². The van der Waals surface area contributed by atoms with Crippen LogP contribution >= 0.6 is 0 Å². The van der Waals surface area contributed by atoms with Crippen LogP contribution in [0.15, 0.2) is 59.7 Å². The van der Waals surface area contributed by atoms with E-state index < -0.39 is 0 Å². The zero-order chi connectivity index (χ0) is 20.1. The van der Waals surface area contributed by atoms with Crippen LogP contribution in [-0.4, -0.2) is 47.4 Å². The second-order valence-electron chi connectivity index (χ2n) is 7.28. The molecule has 0 bridgehead atoms. The van der Waals surface area contributed by atoms with E-state index in [-0.39, 0.29) is 5.95 Å². The van der Waals surface area contributed by atoms with Crippen LogP contribution in [0.1, 0.15) is 12.0 Å². The molecule has 0 amide bonds. The quantitative estimate of drug-likeness (QED) is 0.603. The average Bonchev–Trinajstić information content (AvgIpc) is 3.25. The van der Waals surface area contributed by atoms with E-state index in [1.807, 2.05) is 6.34 Å². The molecule has 6 nitrogen and oxygen atoms in total. The molecular formula is C23H26N6. The highest BCUT2D eigenvalue weighted by Gasteiger charge is 2.10. The van der Waals surface area contributed by atoms with Gasteiger partial charge in [-0.05, 0) is 36.1 Å². The Bertz CT molecular complexity index is 1010. The second kappa shape index (κ2) is 8.73. The predicted octanol–water partition coefficient (Wildman–Crippen LogP) is 3.85. The third-order valence-corrected chi connectivity index (χ3v) is 5.01. The van der Waals surface area contributed by atoms with E-state index in [0.29, 0.717) is 0 Å². The van der Waals surface area contributed by atoms with Crippen LogP contribution in [0, 0.1) is 6.92 Å². The van der Waals surface area contributed by atoms with Crippen LogP contribution in [0.5, 0.6) is 0 Å². The summed E-state index contributed by atoms with van der Waals surface area (Å²) in [6, 6.07) is 17.0. The Hall–Kier alpha value is -3.41. The summed E-state index contributed by atoms with van der Waals surface area (Å²) in [5.74, 6) is 1.05. The molecule has 0 unspecified atom stereocenters. The number of nitrogens with one attached hydrogen (secondary N) is 1. The zero-order valence-corrected chi connectivity index (χ0v) is 16.7. The minimum absolute atomic E-state index is 0.276. The van der Waals surface area contributed by atoms with Crippen molar-refractivity contribution in [3.05, 3.63) is 60.3 Å². The van der Waals surface area contributed by atoms with Crippen molar-refractivity contribution >= 4 is 18.1 Å². The Morgan fingerprint density at radius 2 is 1.86 bits per heavy atom. The van der Waals surface area contributed by atoms with E-state index in [2.05, 4.69) is 80.6 Å². The van der Waals surface area contributed by atoms with Crippen molar-refractivity contribution in [2.24, 2.45) is 4.99 Å². The van der Waals surface area contributed by atoms with Crippen LogP contribution in [0.4, 0.5) is 11.8 Å². The summed E-state index contributed by atoms with van der Waals surface area (Å²) in [4.78, 5) is 15.2. The average molecular weight is 387 g/mol. The lowest BCUT2D eigenvalue weighted by molar-refractivity contribution is 0.461. The highest BCUT2D eigenvalue weighted by Crippen LogP contribution is 2.30. The summed E-state index contributed by atoms with van der Waals surface area (Å²) in [5, 5.41) is 3.44. The summed E-state index contributed by atoms with van der Waals surface area (Å²) in [6.45, 7) is 5.81. The van der Waals surface area contributed by atoms with Gasteiger partial charge in [0.05, 0.1) is 12.9 Å². The van der Waals surface area contributed by atoms with Crippen molar-refractivity contribution in [3.8, 4) is 22.3 Å². The molecule has 1 aromatic heterocycles. The number of nitrogens with two attached hydrogens (primary N) is 1. The predicted molar refractivity (Wildman–Crippen MR) is 120 cm³/mol. The number of hydrogen-bond acceptors (Lipinski definition) is 6. The first kappa shape index (κ1) is 18.9. The van der Waals surface area contributed by atoms with E-state index in [9.17, 15) is 0 Å². The number of aliphatic imine (C=N–C) groups is 1. The van der Waals surface area contributed by atoms with Gasteiger partial charge in [0, 0.05) is 31.4 Å². The molecule has 1 aliphatic heterocycles. The first-order chi connectivity index (χ1) is 14.2. The monoisotopic (exact) mass is 386 g/mol. The van der Waals surface area contributed by atoms with Crippen LogP contribution in [-0.2, 0) is 0 Å². The molecule has 3 aromatic rings. The highest BCUT2D eigenvalue weighted by atomic mass is 15.2. The summed E-state index contributed by atoms with van der Waals surface area (Å²) < 4.78 is 0. The molecule has 2 heterocycles. The molecule has 2 aromatic carbocycles. The Morgan fingerprint density at radius 1 is 1.07 bits per heavy atom. The lowest BCUT2D eigenvalue weighted by Gasteiger charge is -2.15. The lowest BCUT2D eigenvalue weighted by atomic mass is 9.99. The van der Waals surface area contributed by atoms with Crippen LogP contribution in [0.2, 0.25) is 0 Å². The van der Waals surface area contributed by atoms with Gasteiger partial charge in [0.25, 0.3) is 0 Å². The highest BCUT2D eigenvalue weighted by molar-refractivity contribution is 5.79. The Labute approximate surface area is 171 Å². The molecule has 0 radical (unpaired) electrons. The Morgan fingerprint density at radius 3 is 2.66 bits per heavy atom. The van der Waals surface area contributed by atoms with E-state index >= 15 is 0 Å². The standard InChI is InChI=1S/C23H26N6/c1-17-5-2-6-18(13-17)19-7-3-8-20(14-19)21-15-27-23(24)28-22(21)26-9-4-11-29-12-10-25-16-29/h2-3,5-8,13-16H,4,9-12H2,1H3,(H3,24,26,27,28). The molecular weight excluding hydrogens is 360 g/mol. The summed E-state index contributed by atoms with van der Waals surface area (Å²) in [7, 11) is 0. The second-order valence-corrected chi connectivity index (χ2v) is 7.28. The van der Waals surface area contributed by atoms with Gasteiger partial charge in [-0.1, -0.05) is 48.0 Å². The number of aryl methyl sites for hydroxylation is 1. The number of rotatable bonds is 7. The maximum Gasteiger partial charge on any atom is 0.221 e. The van der Waals surface area contributed by atoms with E-state index in [4.69, 9.17) is 5.73 Å². The van der Waals surface area contributed by atoms with Crippen molar-refractivity contribution in [2.75, 3.05) is 37.2 Å². The van der Waals surface area contributed by atoms with Crippen molar-refractivity contribution < 1.29 is 0 Å². The topological polar surface area (TPSA) is 79.4 Å². The number of hydrogen-bond donors (Lipinski definition) is 2. The van der Waals surface area contributed by atoms with Gasteiger partial charge in [-0.2, -0.15) is 4.98 Å². The molecule has 3 N–H and O–H groups in total. The maximum atomic E-state index is 5.86. The molecule has 0 spiro atoms. The molecule has 0 atom stereocenters. The Kier molecular flexibility index (Phi) is 5.70. The fraction of sp³-hybridized carbons (Fsp3) is 0.261. The smallest absolute Gasteiger partial charge is 0.221 e. The minimum atomic E-state index is 0.276. The first-order valence-corrected chi connectivity index (χ1v) is 9.97. The molecule has 0 saturated carbocycles. The van der Waals surface area contributed by atoms with Gasteiger partial charge < -0.3 is 16.0 Å². The van der Waals surface area contributed by atoms with Crippen LogP contribution in [0.3, 0.4) is 0 Å². The summed E-state index contributed by atoms with van der Waals surface area (Å²) >= 11 is 0. The normalized spacial score (nSPS) is 13.1. The van der Waals surface area contributed by atoms with Gasteiger partial charge in [-0.25, -0.2) is 4.98 Å². The third kappa shape index (κ3) is 4.71. The molecule has 6 heteroatoms. The zero-order valence-electron chi connectivity index (χ0n) is 16.7. The van der Waals surface area contributed by atoms with Gasteiger partial charge in [0.2, 0.25) is 5.95 Å². The van der Waals surface area contributed by atoms with Gasteiger partial charge in [-0.15, -0.1) is 0 Å².